The zero-order valence-corrected chi connectivity index (χ0v) is 14.6. The monoisotopic (exact) mass is 431 g/mol. The summed E-state index contributed by atoms with van der Waals surface area (Å²) in [6.45, 7) is 0. The number of aryl methyl sites for hydroxylation is 1. The van der Waals surface area contributed by atoms with Crippen molar-refractivity contribution in [1.29, 1.82) is 0 Å². The molecule has 0 amide bonds. The summed E-state index contributed by atoms with van der Waals surface area (Å²) in [4.78, 5) is 8.95. The molecule has 0 aliphatic heterocycles. The number of nitrogens with zero attached hydrogens (tertiary/aromatic N) is 3. The van der Waals surface area contributed by atoms with E-state index in [9.17, 15) is 4.39 Å². The van der Waals surface area contributed by atoms with Gasteiger partial charge in [0.05, 0.1) is 5.69 Å². The Bertz CT molecular complexity index is 819. The molecular weight excluding hydrogens is 424 g/mol. The summed E-state index contributed by atoms with van der Waals surface area (Å²) in [6.07, 6.45) is 2.26. The van der Waals surface area contributed by atoms with Crippen molar-refractivity contribution in [3.05, 3.63) is 51.0 Å². The predicted octanol–water partition coefficient (Wildman–Crippen LogP) is 4.87. The maximum absolute atomic E-state index is 13.6. The number of hydrogen-bond donors (Lipinski definition) is 0. The van der Waals surface area contributed by atoms with Crippen LogP contribution in [0.25, 0.3) is 16.9 Å². The number of benzene rings is 1. The van der Waals surface area contributed by atoms with Gasteiger partial charge in [0.2, 0.25) is 0 Å². The van der Waals surface area contributed by atoms with Crippen LogP contribution < -0.4 is 0 Å². The highest BCUT2D eigenvalue weighted by Crippen LogP contribution is 2.28. The van der Waals surface area contributed by atoms with Crippen LogP contribution in [0.15, 0.2) is 39.4 Å². The molecule has 0 unspecified atom stereocenters. The number of rotatable bonds is 3. The summed E-state index contributed by atoms with van der Waals surface area (Å²) in [7, 11) is 0. The van der Waals surface area contributed by atoms with Crippen molar-refractivity contribution in [2.75, 3.05) is 5.88 Å². The molecule has 3 nitrogen and oxygen atoms in total. The predicted molar refractivity (Wildman–Crippen MR) is 88.6 cm³/mol. The minimum absolute atomic E-state index is 0.316. The van der Waals surface area contributed by atoms with Crippen molar-refractivity contribution in [3.8, 4) is 5.69 Å². The Hall–Kier alpha value is -0.980. The van der Waals surface area contributed by atoms with Crippen LogP contribution in [0.3, 0.4) is 0 Å². The van der Waals surface area contributed by atoms with E-state index < -0.39 is 0 Å². The van der Waals surface area contributed by atoms with Gasteiger partial charge >= 0.3 is 0 Å². The summed E-state index contributed by atoms with van der Waals surface area (Å²) in [5.41, 5.74) is 2.07. The Labute approximate surface area is 142 Å². The van der Waals surface area contributed by atoms with Crippen LogP contribution >= 0.6 is 43.5 Å². The summed E-state index contributed by atoms with van der Waals surface area (Å²) < 4.78 is 17.1. The fourth-order valence-corrected chi connectivity index (χ4v) is 3.06. The number of hydrogen-bond acceptors (Lipinski definition) is 2. The lowest BCUT2D eigenvalue weighted by Crippen LogP contribution is -2.04. The first-order chi connectivity index (χ1) is 10.1. The molecule has 1 aromatic carbocycles. The van der Waals surface area contributed by atoms with Crippen molar-refractivity contribution in [2.45, 2.75) is 6.42 Å². The van der Waals surface area contributed by atoms with Crippen LogP contribution in [-0.2, 0) is 6.42 Å². The van der Waals surface area contributed by atoms with Crippen LogP contribution in [0, 0.1) is 5.82 Å². The average molecular weight is 434 g/mol. The third kappa shape index (κ3) is 2.84. The minimum Gasteiger partial charge on any atom is -0.279 e. The van der Waals surface area contributed by atoms with Gasteiger partial charge in [0.15, 0.2) is 5.65 Å². The molecule has 0 fully saturated rings. The molecule has 0 aliphatic carbocycles. The average Bonchev–Trinajstić information content (AvgIpc) is 2.79. The largest absolute Gasteiger partial charge is 0.279 e. The van der Waals surface area contributed by atoms with Gasteiger partial charge in [0.1, 0.15) is 17.2 Å². The Balaban J connectivity index is 2.33. The molecular formula is C14H9Br2ClFN3. The molecule has 3 aromatic rings. The molecule has 0 N–H and O–H groups in total. The number of fused-ring (bicyclic) bond motifs is 1. The second-order valence-corrected chi connectivity index (χ2v) is 6.54. The van der Waals surface area contributed by atoms with E-state index >= 15 is 0 Å². The number of halogens is 4. The maximum Gasteiger partial charge on any atom is 0.164 e. The summed E-state index contributed by atoms with van der Waals surface area (Å²) in [5, 5.41) is 0. The van der Waals surface area contributed by atoms with E-state index in [1.54, 1.807) is 12.3 Å². The minimum atomic E-state index is -0.316. The van der Waals surface area contributed by atoms with E-state index in [-0.39, 0.29) is 5.82 Å². The first-order valence-corrected chi connectivity index (χ1v) is 8.26. The standard InChI is InChI=1S/C14H9Br2ClFN3/c15-8-5-11-14(19-7-8)21(13(20-11)3-4-17)12-6-9(18)1-2-10(12)16/h1-2,5-7H,3-4H2. The topological polar surface area (TPSA) is 30.7 Å². The third-order valence-corrected chi connectivity index (χ3v) is 4.29. The maximum atomic E-state index is 13.6. The van der Waals surface area contributed by atoms with Gasteiger partial charge in [0, 0.05) is 27.4 Å². The Morgan fingerprint density at radius 3 is 2.81 bits per heavy atom. The van der Waals surface area contributed by atoms with E-state index in [1.807, 2.05) is 10.6 Å². The van der Waals surface area contributed by atoms with Crippen LogP contribution in [-0.4, -0.2) is 20.4 Å². The van der Waals surface area contributed by atoms with Gasteiger partial charge in [-0.25, -0.2) is 14.4 Å². The van der Waals surface area contributed by atoms with Crippen LogP contribution in [0.5, 0.6) is 0 Å². The lowest BCUT2D eigenvalue weighted by molar-refractivity contribution is 0.626. The second kappa shape index (κ2) is 6.02. The SMILES string of the molecule is Fc1ccc(Br)c(-n2c(CCCl)nc3cc(Br)cnc32)c1. The number of pyridine rings is 1. The van der Waals surface area contributed by atoms with E-state index in [0.29, 0.717) is 23.6 Å². The third-order valence-electron chi connectivity index (χ3n) is 3.00. The summed E-state index contributed by atoms with van der Waals surface area (Å²) >= 11 is 12.7. The van der Waals surface area contributed by atoms with Gasteiger partial charge in [-0.3, -0.25) is 4.57 Å². The van der Waals surface area contributed by atoms with Crippen molar-refractivity contribution in [1.82, 2.24) is 14.5 Å². The molecule has 0 saturated heterocycles. The normalized spacial score (nSPS) is 11.2. The Morgan fingerprint density at radius 1 is 1.24 bits per heavy atom. The van der Waals surface area contributed by atoms with Crippen molar-refractivity contribution in [2.24, 2.45) is 0 Å². The molecule has 0 spiro atoms. The van der Waals surface area contributed by atoms with Gasteiger partial charge in [0.25, 0.3) is 0 Å². The number of alkyl halides is 1. The number of aromatic nitrogens is 3. The molecule has 0 saturated carbocycles. The quantitative estimate of drug-likeness (QED) is 0.552. The van der Waals surface area contributed by atoms with E-state index in [1.165, 1.54) is 12.1 Å². The fourth-order valence-electron chi connectivity index (χ4n) is 2.15. The molecule has 108 valence electrons. The lowest BCUT2D eigenvalue weighted by atomic mass is 10.3. The van der Waals surface area contributed by atoms with Crippen LogP contribution in [0.2, 0.25) is 0 Å². The van der Waals surface area contributed by atoms with Crippen molar-refractivity contribution in [3.63, 3.8) is 0 Å². The second-order valence-electron chi connectivity index (χ2n) is 4.39. The van der Waals surface area contributed by atoms with Gasteiger partial charge in [-0.2, -0.15) is 0 Å². The molecule has 0 radical (unpaired) electrons. The molecule has 7 heteroatoms. The highest BCUT2D eigenvalue weighted by molar-refractivity contribution is 9.10. The lowest BCUT2D eigenvalue weighted by Gasteiger charge is -2.10. The molecule has 0 bridgehead atoms. The highest BCUT2D eigenvalue weighted by atomic mass is 79.9. The summed E-state index contributed by atoms with van der Waals surface area (Å²) in [5.74, 6) is 0.859. The van der Waals surface area contributed by atoms with Crippen LogP contribution in [0.4, 0.5) is 4.39 Å². The molecule has 3 rings (SSSR count). The van der Waals surface area contributed by atoms with Gasteiger partial charge in [-0.15, -0.1) is 11.6 Å². The molecule has 21 heavy (non-hydrogen) atoms. The molecule has 2 heterocycles. The highest BCUT2D eigenvalue weighted by Gasteiger charge is 2.16. The first kappa shape index (κ1) is 14.9. The first-order valence-electron chi connectivity index (χ1n) is 6.14. The van der Waals surface area contributed by atoms with Gasteiger partial charge < -0.3 is 0 Å². The smallest absolute Gasteiger partial charge is 0.164 e. The summed E-state index contributed by atoms with van der Waals surface area (Å²) in [6, 6.07) is 6.40. The molecule has 2 aromatic heterocycles. The van der Waals surface area contributed by atoms with E-state index in [2.05, 4.69) is 41.8 Å². The number of imidazole rings is 1. The zero-order chi connectivity index (χ0) is 15.0. The van der Waals surface area contributed by atoms with Crippen molar-refractivity contribution >= 4 is 54.6 Å². The Morgan fingerprint density at radius 2 is 2.05 bits per heavy atom. The van der Waals surface area contributed by atoms with Crippen LogP contribution in [0.1, 0.15) is 5.82 Å². The van der Waals surface area contributed by atoms with Gasteiger partial charge in [-0.05, 0) is 56.1 Å². The van der Waals surface area contributed by atoms with E-state index in [0.717, 1.165) is 20.3 Å². The van der Waals surface area contributed by atoms with Gasteiger partial charge in [-0.1, -0.05) is 0 Å². The molecule has 0 aliphatic rings. The Kier molecular flexibility index (Phi) is 4.28. The zero-order valence-electron chi connectivity index (χ0n) is 10.7. The fraction of sp³-hybridized carbons (Fsp3) is 0.143. The van der Waals surface area contributed by atoms with Crippen molar-refractivity contribution < 1.29 is 4.39 Å². The molecule has 0 atom stereocenters. The van der Waals surface area contributed by atoms with E-state index in [4.69, 9.17) is 11.6 Å².